The van der Waals surface area contributed by atoms with E-state index >= 15 is 0 Å². The summed E-state index contributed by atoms with van der Waals surface area (Å²) in [6, 6.07) is 20.4. The van der Waals surface area contributed by atoms with Gasteiger partial charge in [0, 0.05) is 5.69 Å². The van der Waals surface area contributed by atoms with Gasteiger partial charge in [0.2, 0.25) is 5.91 Å². The highest BCUT2D eigenvalue weighted by Crippen LogP contribution is 2.31. The Morgan fingerprint density at radius 2 is 1.70 bits per heavy atom. The summed E-state index contributed by atoms with van der Waals surface area (Å²) >= 11 is 0. The van der Waals surface area contributed by atoms with Gasteiger partial charge in [-0.1, -0.05) is 55.5 Å². The number of benzene rings is 3. The fourth-order valence-corrected chi connectivity index (χ4v) is 3.70. The van der Waals surface area contributed by atoms with Crippen LogP contribution < -0.4 is 10.6 Å². The van der Waals surface area contributed by atoms with Crippen molar-refractivity contribution in [3.63, 3.8) is 0 Å². The fourth-order valence-electron chi connectivity index (χ4n) is 3.70. The third-order valence-corrected chi connectivity index (χ3v) is 5.55. The molecule has 1 fully saturated rings. The van der Waals surface area contributed by atoms with Gasteiger partial charge in [-0.25, -0.2) is 4.79 Å². The van der Waals surface area contributed by atoms with Gasteiger partial charge in [0.1, 0.15) is 12.1 Å². The topological polar surface area (TPSA) is 78.5 Å². The lowest BCUT2D eigenvalue weighted by Gasteiger charge is -2.22. The number of hydrogen-bond acceptors (Lipinski definition) is 3. The van der Waals surface area contributed by atoms with Crippen LogP contribution in [-0.2, 0) is 21.5 Å². The van der Waals surface area contributed by atoms with Crippen LogP contribution in [-0.4, -0.2) is 29.3 Å². The molecule has 6 nitrogen and oxygen atoms in total. The number of amides is 4. The van der Waals surface area contributed by atoms with Crippen LogP contribution in [0.5, 0.6) is 0 Å². The maximum absolute atomic E-state index is 13.1. The Morgan fingerprint density at radius 1 is 1.00 bits per heavy atom. The zero-order valence-corrected chi connectivity index (χ0v) is 16.9. The lowest BCUT2D eigenvalue weighted by atomic mass is 9.90. The number of rotatable bonds is 5. The van der Waals surface area contributed by atoms with Gasteiger partial charge >= 0.3 is 6.03 Å². The minimum Gasteiger partial charge on any atom is -0.325 e. The SMILES string of the molecule is CCc1ccc(NC(=O)CN2C(=O)NC(C)(c3ccc4ccccc4c3)C2=O)cc1. The van der Waals surface area contributed by atoms with Crippen molar-refractivity contribution in [3.05, 3.63) is 77.9 Å². The largest absolute Gasteiger partial charge is 0.325 e. The van der Waals surface area contributed by atoms with Crippen molar-refractivity contribution in [2.75, 3.05) is 11.9 Å². The van der Waals surface area contributed by atoms with E-state index < -0.39 is 23.4 Å². The first-order chi connectivity index (χ1) is 14.4. The van der Waals surface area contributed by atoms with E-state index in [1.165, 1.54) is 0 Å². The lowest BCUT2D eigenvalue weighted by Crippen LogP contribution is -2.42. The smallest absolute Gasteiger partial charge is 0.325 e. The molecule has 30 heavy (non-hydrogen) atoms. The van der Waals surface area contributed by atoms with Crippen molar-refractivity contribution in [1.82, 2.24) is 10.2 Å². The molecule has 0 aromatic heterocycles. The molecule has 1 heterocycles. The maximum atomic E-state index is 13.1. The van der Waals surface area contributed by atoms with E-state index in [9.17, 15) is 14.4 Å². The Hall–Kier alpha value is -3.67. The Balaban J connectivity index is 1.51. The average molecular weight is 401 g/mol. The molecule has 1 aliphatic rings. The Kier molecular flexibility index (Phi) is 4.99. The molecule has 0 saturated carbocycles. The molecular formula is C24H23N3O3. The molecule has 4 rings (SSSR count). The Labute approximate surface area is 174 Å². The number of imide groups is 1. The molecule has 0 spiro atoms. The molecule has 4 amide bonds. The van der Waals surface area contributed by atoms with Gasteiger partial charge in [-0.3, -0.25) is 14.5 Å². The van der Waals surface area contributed by atoms with Gasteiger partial charge in [0.25, 0.3) is 5.91 Å². The van der Waals surface area contributed by atoms with E-state index in [-0.39, 0.29) is 6.54 Å². The maximum Gasteiger partial charge on any atom is 0.325 e. The second kappa shape index (κ2) is 7.63. The first-order valence-electron chi connectivity index (χ1n) is 9.93. The van der Waals surface area contributed by atoms with Gasteiger partial charge in [-0.15, -0.1) is 0 Å². The number of urea groups is 1. The number of hydrogen-bond donors (Lipinski definition) is 2. The molecule has 0 aliphatic carbocycles. The van der Waals surface area contributed by atoms with E-state index in [1.807, 2.05) is 66.7 Å². The molecule has 0 radical (unpaired) electrons. The quantitative estimate of drug-likeness (QED) is 0.638. The Morgan fingerprint density at radius 3 is 2.40 bits per heavy atom. The second-order valence-corrected chi connectivity index (χ2v) is 7.61. The lowest BCUT2D eigenvalue weighted by molar-refractivity contribution is -0.133. The predicted octanol–water partition coefficient (Wildman–Crippen LogP) is 3.81. The van der Waals surface area contributed by atoms with Crippen molar-refractivity contribution >= 4 is 34.3 Å². The number of fused-ring (bicyclic) bond motifs is 1. The number of aryl methyl sites for hydroxylation is 1. The minimum atomic E-state index is -1.22. The van der Waals surface area contributed by atoms with Crippen LogP contribution in [0.1, 0.15) is 25.0 Å². The zero-order chi connectivity index (χ0) is 21.3. The summed E-state index contributed by atoms with van der Waals surface area (Å²) in [5.74, 6) is -0.871. The van der Waals surface area contributed by atoms with Crippen molar-refractivity contribution in [3.8, 4) is 0 Å². The first-order valence-corrected chi connectivity index (χ1v) is 9.93. The van der Waals surface area contributed by atoms with E-state index in [0.717, 1.165) is 27.7 Å². The number of nitrogens with zero attached hydrogens (tertiary/aromatic N) is 1. The number of carbonyl (C=O) groups excluding carboxylic acids is 3. The monoisotopic (exact) mass is 401 g/mol. The van der Waals surface area contributed by atoms with Crippen LogP contribution in [0, 0.1) is 0 Å². The van der Waals surface area contributed by atoms with E-state index in [0.29, 0.717) is 11.3 Å². The summed E-state index contributed by atoms with van der Waals surface area (Å²) in [6.07, 6.45) is 0.907. The summed E-state index contributed by atoms with van der Waals surface area (Å²) < 4.78 is 0. The molecule has 6 heteroatoms. The Bertz CT molecular complexity index is 1140. The zero-order valence-electron chi connectivity index (χ0n) is 16.9. The van der Waals surface area contributed by atoms with Crippen molar-refractivity contribution < 1.29 is 14.4 Å². The standard InChI is InChI=1S/C24H23N3O3/c1-3-16-8-12-20(13-9-16)25-21(28)15-27-22(29)24(2,26-23(27)30)19-11-10-17-6-4-5-7-18(17)14-19/h4-14H,3,15H2,1-2H3,(H,25,28)(H,26,30). The summed E-state index contributed by atoms with van der Waals surface area (Å²) in [5, 5.41) is 7.52. The third kappa shape index (κ3) is 3.52. The first kappa shape index (κ1) is 19.6. The molecule has 2 N–H and O–H groups in total. The molecule has 3 aromatic rings. The summed E-state index contributed by atoms with van der Waals surface area (Å²) in [6.45, 7) is 3.37. The van der Waals surface area contributed by atoms with Crippen molar-refractivity contribution in [2.45, 2.75) is 25.8 Å². The van der Waals surface area contributed by atoms with Gasteiger partial charge < -0.3 is 10.6 Å². The molecule has 1 aliphatic heterocycles. The molecule has 3 aromatic carbocycles. The van der Waals surface area contributed by atoms with Crippen LogP contribution in [0.2, 0.25) is 0 Å². The van der Waals surface area contributed by atoms with Crippen LogP contribution in [0.15, 0.2) is 66.7 Å². The van der Waals surface area contributed by atoms with E-state index in [1.54, 1.807) is 6.92 Å². The second-order valence-electron chi connectivity index (χ2n) is 7.61. The predicted molar refractivity (Wildman–Crippen MR) is 116 cm³/mol. The van der Waals surface area contributed by atoms with Gasteiger partial charge in [0.15, 0.2) is 0 Å². The highest BCUT2D eigenvalue weighted by Gasteiger charge is 2.49. The normalized spacial score (nSPS) is 18.5. The van der Waals surface area contributed by atoms with Gasteiger partial charge in [-0.05, 0) is 53.4 Å². The average Bonchev–Trinajstić information content (AvgIpc) is 2.98. The highest BCUT2D eigenvalue weighted by atomic mass is 16.2. The van der Waals surface area contributed by atoms with Gasteiger partial charge in [0.05, 0.1) is 0 Å². The molecular weight excluding hydrogens is 378 g/mol. The van der Waals surface area contributed by atoms with Crippen LogP contribution >= 0.6 is 0 Å². The summed E-state index contributed by atoms with van der Waals surface area (Å²) in [5.41, 5.74) is 1.25. The summed E-state index contributed by atoms with van der Waals surface area (Å²) in [4.78, 5) is 39.0. The molecule has 1 unspecified atom stereocenters. The minimum absolute atomic E-state index is 0.344. The molecule has 1 saturated heterocycles. The van der Waals surface area contributed by atoms with Crippen molar-refractivity contribution in [2.24, 2.45) is 0 Å². The van der Waals surface area contributed by atoms with Crippen LogP contribution in [0.25, 0.3) is 10.8 Å². The number of anilines is 1. The van der Waals surface area contributed by atoms with Crippen LogP contribution in [0.4, 0.5) is 10.5 Å². The number of nitrogens with one attached hydrogen (secondary N) is 2. The van der Waals surface area contributed by atoms with E-state index in [2.05, 4.69) is 17.6 Å². The van der Waals surface area contributed by atoms with Gasteiger partial charge in [-0.2, -0.15) is 0 Å². The highest BCUT2D eigenvalue weighted by molar-refractivity contribution is 6.10. The van der Waals surface area contributed by atoms with E-state index in [4.69, 9.17) is 0 Å². The molecule has 0 bridgehead atoms. The fraction of sp³-hybridized carbons (Fsp3) is 0.208. The van der Waals surface area contributed by atoms with Crippen molar-refractivity contribution in [1.29, 1.82) is 0 Å². The summed E-state index contributed by atoms with van der Waals surface area (Å²) in [7, 11) is 0. The molecule has 152 valence electrons. The molecule has 1 atom stereocenters. The van der Waals surface area contributed by atoms with Crippen LogP contribution in [0.3, 0.4) is 0 Å². The third-order valence-electron chi connectivity index (χ3n) is 5.55. The number of carbonyl (C=O) groups is 3.